The molecule has 4 nitrogen and oxygen atoms in total. The number of nitrogens with one attached hydrogen (secondary N) is 1. The zero-order valence-corrected chi connectivity index (χ0v) is 10.4. The van der Waals surface area contributed by atoms with E-state index in [9.17, 15) is 4.79 Å². The second-order valence-electron chi connectivity index (χ2n) is 5.10. The SMILES string of the molecule is CNCC1CCN(C2CCN(C)C2=O)CC1. The lowest BCUT2D eigenvalue weighted by Gasteiger charge is -2.34. The van der Waals surface area contributed by atoms with Crippen molar-refractivity contribution in [1.82, 2.24) is 15.1 Å². The number of hydrogen-bond acceptors (Lipinski definition) is 3. The van der Waals surface area contributed by atoms with Crippen molar-refractivity contribution in [2.75, 3.05) is 40.3 Å². The minimum atomic E-state index is 0.181. The molecule has 1 N–H and O–H groups in total. The van der Waals surface area contributed by atoms with E-state index in [1.165, 1.54) is 12.8 Å². The highest BCUT2D eigenvalue weighted by Gasteiger charge is 2.35. The minimum Gasteiger partial charge on any atom is -0.344 e. The number of carbonyl (C=O) groups excluding carboxylic acids is 1. The normalized spacial score (nSPS) is 29.0. The number of hydrogen-bond donors (Lipinski definition) is 1. The molecule has 2 heterocycles. The summed E-state index contributed by atoms with van der Waals surface area (Å²) in [4.78, 5) is 16.1. The van der Waals surface area contributed by atoms with Gasteiger partial charge < -0.3 is 10.2 Å². The highest BCUT2D eigenvalue weighted by atomic mass is 16.2. The van der Waals surface area contributed by atoms with Gasteiger partial charge in [-0.3, -0.25) is 9.69 Å². The molecular formula is C12H23N3O. The molecular weight excluding hydrogens is 202 g/mol. The maximum absolute atomic E-state index is 11.9. The molecule has 2 aliphatic rings. The average molecular weight is 225 g/mol. The Morgan fingerprint density at radius 2 is 1.94 bits per heavy atom. The molecule has 2 fully saturated rings. The second kappa shape index (κ2) is 5.15. The van der Waals surface area contributed by atoms with E-state index in [1.807, 2.05) is 19.0 Å². The largest absolute Gasteiger partial charge is 0.344 e. The van der Waals surface area contributed by atoms with Crippen molar-refractivity contribution in [3.05, 3.63) is 0 Å². The van der Waals surface area contributed by atoms with Gasteiger partial charge in [-0.25, -0.2) is 0 Å². The zero-order chi connectivity index (χ0) is 11.5. The van der Waals surface area contributed by atoms with Gasteiger partial charge in [-0.1, -0.05) is 0 Å². The number of rotatable bonds is 3. The number of carbonyl (C=O) groups is 1. The van der Waals surface area contributed by atoms with Crippen LogP contribution in [0.3, 0.4) is 0 Å². The molecule has 2 aliphatic heterocycles. The lowest BCUT2D eigenvalue weighted by atomic mass is 9.95. The highest BCUT2D eigenvalue weighted by molar-refractivity contribution is 5.83. The van der Waals surface area contributed by atoms with E-state index >= 15 is 0 Å². The summed E-state index contributed by atoms with van der Waals surface area (Å²) in [6.45, 7) is 4.24. The van der Waals surface area contributed by atoms with Crippen LogP contribution < -0.4 is 5.32 Å². The van der Waals surface area contributed by atoms with Crippen LogP contribution in [0.1, 0.15) is 19.3 Å². The Bertz CT molecular complexity index is 249. The van der Waals surface area contributed by atoms with Crippen LogP contribution in [0.5, 0.6) is 0 Å². The molecule has 0 spiro atoms. The molecule has 0 aromatic rings. The van der Waals surface area contributed by atoms with Gasteiger partial charge in [-0.2, -0.15) is 0 Å². The fourth-order valence-electron chi connectivity index (χ4n) is 2.90. The second-order valence-corrected chi connectivity index (χ2v) is 5.10. The quantitative estimate of drug-likeness (QED) is 0.742. The van der Waals surface area contributed by atoms with Gasteiger partial charge in [-0.15, -0.1) is 0 Å². The van der Waals surface area contributed by atoms with E-state index in [2.05, 4.69) is 10.2 Å². The van der Waals surface area contributed by atoms with Crippen molar-refractivity contribution in [3.8, 4) is 0 Å². The van der Waals surface area contributed by atoms with E-state index in [-0.39, 0.29) is 6.04 Å². The highest BCUT2D eigenvalue weighted by Crippen LogP contribution is 2.23. The summed E-state index contributed by atoms with van der Waals surface area (Å²) in [5.74, 6) is 1.13. The van der Waals surface area contributed by atoms with Crippen LogP contribution in [0.4, 0.5) is 0 Å². The van der Waals surface area contributed by atoms with Crippen molar-refractivity contribution >= 4 is 5.91 Å². The van der Waals surface area contributed by atoms with Crippen molar-refractivity contribution in [2.24, 2.45) is 5.92 Å². The van der Waals surface area contributed by atoms with Gasteiger partial charge in [0.05, 0.1) is 6.04 Å². The predicted molar refractivity (Wildman–Crippen MR) is 64.3 cm³/mol. The van der Waals surface area contributed by atoms with Gasteiger partial charge >= 0.3 is 0 Å². The first-order valence-electron chi connectivity index (χ1n) is 6.36. The summed E-state index contributed by atoms with van der Waals surface area (Å²) in [6.07, 6.45) is 3.48. The fraction of sp³-hybridized carbons (Fsp3) is 0.917. The first kappa shape index (κ1) is 11.9. The Morgan fingerprint density at radius 3 is 2.44 bits per heavy atom. The van der Waals surface area contributed by atoms with Crippen LogP contribution in [0, 0.1) is 5.92 Å². The van der Waals surface area contributed by atoms with Crippen molar-refractivity contribution < 1.29 is 4.79 Å². The molecule has 4 heteroatoms. The van der Waals surface area contributed by atoms with Crippen molar-refractivity contribution in [2.45, 2.75) is 25.3 Å². The van der Waals surface area contributed by atoms with Crippen LogP contribution in [0.2, 0.25) is 0 Å². The van der Waals surface area contributed by atoms with Gasteiger partial charge in [0.15, 0.2) is 0 Å². The molecule has 0 aromatic carbocycles. The van der Waals surface area contributed by atoms with E-state index in [0.29, 0.717) is 5.91 Å². The molecule has 2 saturated heterocycles. The third-order valence-corrected chi connectivity index (χ3v) is 3.98. The summed E-state index contributed by atoms with van der Waals surface area (Å²) >= 11 is 0. The number of piperidine rings is 1. The lowest BCUT2D eigenvalue weighted by molar-refractivity contribution is -0.131. The Morgan fingerprint density at radius 1 is 1.25 bits per heavy atom. The molecule has 0 saturated carbocycles. The summed E-state index contributed by atoms with van der Waals surface area (Å²) in [5.41, 5.74) is 0. The summed E-state index contributed by atoms with van der Waals surface area (Å²) in [6, 6.07) is 0.181. The van der Waals surface area contributed by atoms with Crippen LogP contribution >= 0.6 is 0 Å². The molecule has 16 heavy (non-hydrogen) atoms. The van der Waals surface area contributed by atoms with Gasteiger partial charge in [0, 0.05) is 13.6 Å². The predicted octanol–water partition coefficient (Wildman–Crippen LogP) is 0.149. The van der Waals surface area contributed by atoms with Crippen molar-refractivity contribution in [3.63, 3.8) is 0 Å². The van der Waals surface area contributed by atoms with Crippen LogP contribution in [-0.4, -0.2) is 62.0 Å². The minimum absolute atomic E-state index is 0.181. The maximum Gasteiger partial charge on any atom is 0.239 e. The summed E-state index contributed by atoms with van der Waals surface area (Å²) in [7, 11) is 3.93. The first-order chi connectivity index (χ1) is 7.72. The van der Waals surface area contributed by atoms with Crippen LogP contribution in [0.15, 0.2) is 0 Å². The summed E-state index contributed by atoms with van der Waals surface area (Å²) in [5, 5.41) is 3.24. The van der Waals surface area contributed by atoms with E-state index in [4.69, 9.17) is 0 Å². The Labute approximate surface area is 98.0 Å². The third-order valence-electron chi connectivity index (χ3n) is 3.98. The number of amides is 1. The number of likely N-dealkylation sites (N-methyl/N-ethyl adjacent to an activating group) is 1. The number of likely N-dealkylation sites (tertiary alicyclic amines) is 2. The molecule has 0 aliphatic carbocycles. The molecule has 1 amide bonds. The Kier molecular flexibility index (Phi) is 3.82. The van der Waals surface area contributed by atoms with E-state index < -0.39 is 0 Å². The van der Waals surface area contributed by atoms with Gasteiger partial charge in [0.25, 0.3) is 0 Å². The first-order valence-corrected chi connectivity index (χ1v) is 6.36. The Hall–Kier alpha value is -0.610. The average Bonchev–Trinajstić information content (AvgIpc) is 2.62. The standard InChI is InChI=1S/C12H23N3O/c1-13-9-10-3-7-15(8-4-10)11-5-6-14(2)12(11)16/h10-11,13H,3-9H2,1-2H3. The summed E-state index contributed by atoms with van der Waals surface area (Å²) < 4.78 is 0. The van der Waals surface area contributed by atoms with Gasteiger partial charge in [0.1, 0.15) is 0 Å². The van der Waals surface area contributed by atoms with Crippen LogP contribution in [-0.2, 0) is 4.79 Å². The topological polar surface area (TPSA) is 35.6 Å². The molecule has 1 atom stereocenters. The lowest BCUT2D eigenvalue weighted by Crippen LogP contribution is -2.46. The Balaban J connectivity index is 1.83. The van der Waals surface area contributed by atoms with E-state index in [1.54, 1.807) is 0 Å². The van der Waals surface area contributed by atoms with Gasteiger partial charge in [-0.05, 0) is 51.9 Å². The molecule has 1 unspecified atom stereocenters. The monoisotopic (exact) mass is 225 g/mol. The van der Waals surface area contributed by atoms with Crippen molar-refractivity contribution in [1.29, 1.82) is 0 Å². The number of nitrogens with zero attached hydrogens (tertiary/aromatic N) is 2. The zero-order valence-electron chi connectivity index (χ0n) is 10.4. The smallest absolute Gasteiger partial charge is 0.239 e. The molecule has 0 aromatic heterocycles. The molecule has 92 valence electrons. The molecule has 2 rings (SSSR count). The van der Waals surface area contributed by atoms with Gasteiger partial charge in [0.2, 0.25) is 5.91 Å². The third kappa shape index (κ3) is 2.38. The molecule has 0 bridgehead atoms. The van der Waals surface area contributed by atoms with E-state index in [0.717, 1.165) is 38.5 Å². The van der Waals surface area contributed by atoms with Crippen LogP contribution in [0.25, 0.3) is 0 Å². The fourth-order valence-corrected chi connectivity index (χ4v) is 2.90. The maximum atomic E-state index is 11.9. The molecule has 0 radical (unpaired) electrons.